The van der Waals surface area contributed by atoms with Crippen molar-refractivity contribution in [1.29, 1.82) is 0 Å². The summed E-state index contributed by atoms with van der Waals surface area (Å²) in [4.78, 5) is 21.7. The molecule has 0 aromatic heterocycles. The standard InChI is InChI=1S/C7H14N2O6S/c1-4-15-7(11)9-16(12,13)8-5(2)6(10)14-3/h5,8H,4H2,1-3H3,(H,9,11). The topological polar surface area (TPSA) is 111 Å². The second kappa shape index (κ2) is 6.28. The summed E-state index contributed by atoms with van der Waals surface area (Å²) in [5.41, 5.74) is 0. The van der Waals surface area contributed by atoms with E-state index in [2.05, 4.69) is 9.47 Å². The quantitative estimate of drug-likeness (QED) is 0.617. The van der Waals surface area contributed by atoms with Crippen molar-refractivity contribution in [3.05, 3.63) is 0 Å². The zero-order valence-corrected chi connectivity index (χ0v) is 9.96. The maximum Gasteiger partial charge on any atom is 0.421 e. The Morgan fingerprint density at radius 2 is 1.94 bits per heavy atom. The molecule has 0 aromatic carbocycles. The molecule has 0 radical (unpaired) electrons. The third-order valence-electron chi connectivity index (χ3n) is 1.38. The third kappa shape index (κ3) is 5.51. The first-order valence-electron chi connectivity index (χ1n) is 4.37. The lowest BCUT2D eigenvalue weighted by molar-refractivity contribution is -0.142. The maximum absolute atomic E-state index is 11.2. The van der Waals surface area contributed by atoms with Crippen molar-refractivity contribution >= 4 is 22.3 Å². The molecule has 0 heterocycles. The van der Waals surface area contributed by atoms with Gasteiger partial charge in [0.25, 0.3) is 0 Å². The average Bonchev–Trinajstić information content (AvgIpc) is 2.14. The van der Waals surface area contributed by atoms with Gasteiger partial charge in [0.05, 0.1) is 13.7 Å². The Labute approximate surface area is 93.5 Å². The summed E-state index contributed by atoms with van der Waals surface area (Å²) in [6, 6.07) is -1.10. The van der Waals surface area contributed by atoms with E-state index in [1.807, 2.05) is 4.72 Å². The van der Waals surface area contributed by atoms with E-state index in [4.69, 9.17) is 0 Å². The van der Waals surface area contributed by atoms with Crippen molar-refractivity contribution in [1.82, 2.24) is 9.44 Å². The number of methoxy groups -OCH3 is 1. The molecule has 9 heteroatoms. The van der Waals surface area contributed by atoms with Gasteiger partial charge in [0, 0.05) is 0 Å². The van der Waals surface area contributed by atoms with Crippen LogP contribution >= 0.6 is 0 Å². The Morgan fingerprint density at radius 3 is 2.38 bits per heavy atom. The molecule has 0 saturated carbocycles. The number of nitrogens with one attached hydrogen (secondary N) is 2. The molecule has 0 fully saturated rings. The molecule has 94 valence electrons. The zero-order valence-electron chi connectivity index (χ0n) is 9.14. The minimum Gasteiger partial charge on any atom is -0.468 e. The monoisotopic (exact) mass is 254 g/mol. The lowest BCUT2D eigenvalue weighted by atomic mass is 10.4. The fraction of sp³-hybridized carbons (Fsp3) is 0.714. The lowest BCUT2D eigenvalue weighted by Crippen LogP contribution is -2.47. The van der Waals surface area contributed by atoms with E-state index in [0.717, 1.165) is 7.11 Å². The van der Waals surface area contributed by atoms with Gasteiger partial charge >= 0.3 is 22.3 Å². The molecule has 8 nitrogen and oxygen atoms in total. The summed E-state index contributed by atoms with van der Waals surface area (Å²) in [6.45, 7) is 2.83. The van der Waals surface area contributed by atoms with Gasteiger partial charge in [0.15, 0.2) is 0 Å². The SMILES string of the molecule is CCOC(=O)NS(=O)(=O)NC(C)C(=O)OC. The van der Waals surface area contributed by atoms with Gasteiger partial charge in [-0.25, -0.2) is 9.52 Å². The van der Waals surface area contributed by atoms with Crippen LogP contribution in [0.25, 0.3) is 0 Å². The fourth-order valence-corrected chi connectivity index (χ4v) is 1.66. The van der Waals surface area contributed by atoms with Crippen LogP contribution in [0, 0.1) is 0 Å². The maximum atomic E-state index is 11.2. The number of ether oxygens (including phenoxy) is 2. The minimum absolute atomic E-state index is 0.0356. The van der Waals surface area contributed by atoms with Crippen molar-refractivity contribution in [2.75, 3.05) is 13.7 Å². The fourth-order valence-electron chi connectivity index (χ4n) is 0.757. The first kappa shape index (κ1) is 14.6. The number of hydrogen-bond acceptors (Lipinski definition) is 6. The smallest absolute Gasteiger partial charge is 0.421 e. The molecule has 0 aliphatic carbocycles. The van der Waals surface area contributed by atoms with Gasteiger partial charge in [-0.2, -0.15) is 13.1 Å². The largest absolute Gasteiger partial charge is 0.468 e. The van der Waals surface area contributed by atoms with E-state index in [1.54, 1.807) is 4.72 Å². The van der Waals surface area contributed by atoms with Crippen LogP contribution in [0.5, 0.6) is 0 Å². The Morgan fingerprint density at radius 1 is 1.38 bits per heavy atom. The van der Waals surface area contributed by atoms with Crippen LogP contribution in [0.2, 0.25) is 0 Å². The predicted octanol–water partition coefficient (Wildman–Crippen LogP) is -0.872. The van der Waals surface area contributed by atoms with Crippen LogP contribution in [-0.2, 0) is 24.5 Å². The highest BCUT2D eigenvalue weighted by Crippen LogP contribution is 1.90. The average molecular weight is 254 g/mol. The summed E-state index contributed by atoms with van der Waals surface area (Å²) in [5.74, 6) is -0.769. The third-order valence-corrected chi connectivity index (χ3v) is 2.48. The molecule has 2 N–H and O–H groups in total. The van der Waals surface area contributed by atoms with E-state index in [-0.39, 0.29) is 6.61 Å². The molecule has 0 aromatic rings. The molecule has 0 rings (SSSR count). The molecular formula is C7H14N2O6S. The molecule has 0 spiro atoms. The van der Waals surface area contributed by atoms with E-state index in [9.17, 15) is 18.0 Å². The number of amides is 1. The van der Waals surface area contributed by atoms with Crippen LogP contribution in [0.3, 0.4) is 0 Å². The van der Waals surface area contributed by atoms with Crippen LogP contribution in [0.1, 0.15) is 13.8 Å². The first-order chi connectivity index (χ1) is 7.32. The van der Waals surface area contributed by atoms with Crippen LogP contribution in [-0.4, -0.2) is 40.2 Å². The summed E-state index contributed by atoms with van der Waals surface area (Å²) in [5, 5.41) is 0. The number of carbonyl (C=O) groups is 2. The van der Waals surface area contributed by atoms with Gasteiger partial charge in [0.1, 0.15) is 6.04 Å². The number of esters is 1. The molecule has 1 atom stereocenters. The van der Waals surface area contributed by atoms with Crippen LogP contribution in [0.15, 0.2) is 0 Å². The summed E-state index contributed by atoms with van der Waals surface area (Å²) < 4.78 is 34.5. The van der Waals surface area contributed by atoms with Gasteiger partial charge in [-0.15, -0.1) is 0 Å². The zero-order chi connectivity index (χ0) is 12.8. The van der Waals surface area contributed by atoms with Gasteiger partial charge in [-0.1, -0.05) is 0 Å². The van der Waals surface area contributed by atoms with Gasteiger partial charge in [-0.3, -0.25) is 4.79 Å². The predicted molar refractivity (Wildman–Crippen MR) is 53.7 cm³/mol. The van der Waals surface area contributed by atoms with Gasteiger partial charge in [-0.05, 0) is 13.8 Å². The Hall–Kier alpha value is -1.35. The van der Waals surface area contributed by atoms with Crippen molar-refractivity contribution < 1.29 is 27.5 Å². The molecule has 0 bridgehead atoms. The van der Waals surface area contributed by atoms with E-state index >= 15 is 0 Å². The number of carbonyl (C=O) groups excluding carboxylic acids is 2. The molecule has 0 aliphatic heterocycles. The second-order valence-electron chi connectivity index (χ2n) is 2.69. The summed E-state index contributed by atoms with van der Waals surface area (Å²) in [6.07, 6.45) is -1.12. The van der Waals surface area contributed by atoms with Crippen molar-refractivity contribution in [3.63, 3.8) is 0 Å². The molecule has 16 heavy (non-hydrogen) atoms. The molecule has 0 saturated heterocycles. The number of hydrogen-bond donors (Lipinski definition) is 2. The molecule has 0 aliphatic rings. The Bertz CT molecular complexity index is 352. The Balaban J connectivity index is 4.36. The van der Waals surface area contributed by atoms with E-state index in [0.29, 0.717) is 0 Å². The highest BCUT2D eigenvalue weighted by Gasteiger charge is 2.22. The van der Waals surface area contributed by atoms with Gasteiger partial charge in [0.2, 0.25) is 0 Å². The van der Waals surface area contributed by atoms with Crippen LogP contribution in [0.4, 0.5) is 4.79 Å². The number of rotatable bonds is 5. The highest BCUT2D eigenvalue weighted by molar-refractivity contribution is 7.88. The van der Waals surface area contributed by atoms with Crippen molar-refractivity contribution in [2.24, 2.45) is 0 Å². The Kier molecular flexibility index (Phi) is 5.75. The first-order valence-corrected chi connectivity index (χ1v) is 5.85. The second-order valence-corrected chi connectivity index (χ2v) is 4.14. The van der Waals surface area contributed by atoms with Crippen molar-refractivity contribution in [2.45, 2.75) is 19.9 Å². The van der Waals surface area contributed by atoms with Crippen LogP contribution < -0.4 is 9.44 Å². The van der Waals surface area contributed by atoms with Crippen molar-refractivity contribution in [3.8, 4) is 0 Å². The lowest BCUT2D eigenvalue weighted by Gasteiger charge is -2.12. The molecule has 1 unspecified atom stereocenters. The van der Waals surface area contributed by atoms with E-state index < -0.39 is 28.3 Å². The molecular weight excluding hydrogens is 240 g/mol. The van der Waals surface area contributed by atoms with E-state index in [1.165, 1.54) is 13.8 Å². The molecule has 1 amide bonds. The summed E-state index contributed by atoms with van der Waals surface area (Å²) >= 11 is 0. The highest BCUT2D eigenvalue weighted by atomic mass is 32.2. The summed E-state index contributed by atoms with van der Waals surface area (Å²) in [7, 11) is -3.02. The van der Waals surface area contributed by atoms with Gasteiger partial charge < -0.3 is 9.47 Å². The normalized spacial score (nSPS) is 12.7. The minimum atomic E-state index is -4.13.